The first kappa shape index (κ1) is 31.6. The Morgan fingerprint density at radius 3 is 1.29 bits per heavy atom. The van der Waals surface area contributed by atoms with E-state index in [0.717, 1.165) is 34.1 Å². The van der Waals surface area contributed by atoms with Gasteiger partial charge in [-0.3, -0.25) is 0 Å². The fraction of sp³-hybridized carbons (Fsp3) is 0.312. The second-order valence-corrected chi connectivity index (χ2v) is 9.74. The molecule has 0 radical (unpaired) electrons. The van der Waals surface area contributed by atoms with E-state index in [4.69, 9.17) is 20.1 Å². The molecule has 38 heavy (non-hydrogen) atoms. The van der Waals surface area contributed by atoms with Crippen molar-refractivity contribution in [3.8, 4) is 0 Å². The molecule has 2 aliphatic heterocycles. The third kappa shape index (κ3) is 8.19. The van der Waals surface area contributed by atoms with Gasteiger partial charge in [0.25, 0.3) is 0 Å². The molecule has 202 valence electrons. The first-order valence-electron chi connectivity index (χ1n) is 12.8. The SMILES string of the molecule is CC(C)C1COC(=C2C=CC=C2C2=CC=CC2=C2[N-]C(C(C)C)CO2)[N-]1.[Fe+2].[Fe+2].c1cc[cH-]c1.c1cc[cH-]c1. The summed E-state index contributed by atoms with van der Waals surface area (Å²) in [5, 5.41) is 9.59. The molecule has 2 aromatic carbocycles. The van der Waals surface area contributed by atoms with Crippen LogP contribution in [0.3, 0.4) is 0 Å². The van der Waals surface area contributed by atoms with Crippen LogP contribution in [-0.2, 0) is 43.6 Å². The van der Waals surface area contributed by atoms with Crippen molar-refractivity contribution in [1.82, 2.24) is 0 Å². The van der Waals surface area contributed by atoms with Gasteiger partial charge in [0.2, 0.25) is 0 Å². The zero-order valence-electron chi connectivity index (χ0n) is 22.4. The second-order valence-electron chi connectivity index (χ2n) is 9.74. The number of rotatable bonds is 3. The predicted octanol–water partition coefficient (Wildman–Crippen LogP) is 8.07. The van der Waals surface area contributed by atoms with Gasteiger partial charge in [0.05, 0.1) is 13.2 Å². The van der Waals surface area contributed by atoms with Gasteiger partial charge in [-0.2, -0.15) is 36.4 Å². The molecule has 2 fully saturated rings. The molecular weight excluding hydrogens is 556 g/mol. The minimum absolute atomic E-state index is 0. The number of nitrogens with zero attached hydrogens (tertiary/aromatic N) is 2. The number of hydrogen-bond acceptors (Lipinski definition) is 2. The first-order chi connectivity index (χ1) is 17.5. The maximum absolute atomic E-state index is 5.91. The first-order valence-corrected chi connectivity index (χ1v) is 12.8. The normalized spacial score (nSPS) is 24.5. The molecule has 6 heteroatoms. The standard InChI is InChI=1S/C22H26N2O2.2C5H5.2Fe/c1-13(2)19-11-25-21(23-19)17-9-5-7-15(17)16-8-6-10-18(16)22-24-20(12-26-22)14(3)4;2*1-2-4-5-3-1;;/h5-10,13-14,19-20H,11-12H2,1-4H3;2*1-5H;;/q-2;2*-1;2*+2. The average molecular weight is 592 g/mol. The molecule has 2 atom stereocenters. The minimum Gasteiger partial charge on any atom is -0.648 e. The molecule has 2 unspecified atom stereocenters. The molecule has 0 amide bonds. The third-order valence-electron chi connectivity index (χ3n) is 6.38. The fourth-order valence-corrected chi connectivity index (χ4v) is 4.08. The molecule has 2 aromatic rings. The van der Waals surface area contributed by atoms with Crippen LogP contribution in [0.5, 0.6) is 0 Å². The molecule has 6 rings (SSSR count). The van der Waals surface area contributed by atoms with Crippen molar-refractivity contribution in [3.05, 3.63) is 142 Å². The van der Waals surface area contributed by atoms with E-state index in [1.54, 1.807) is 0 Å². The van der Waals surface area contributed by atoms with Gasteiger partial charge in [-0.15, -0.1) is 0 Å². The van der Waals surface area contributed by atoms with Gasteiger partial charge in [-0.25, -0.2) is 24.3 Å². The quantitative estimate of drug-likeness (QED) is 0.268. The molecule has 4 aliphatic rings. The Kier molecular flexibility index (Phi) is 13.1. The van der Waals surface area contributed by atoms with Crippen LogP contribution >= 0.6 is 0 Å². The largest absolute Gasteiger partial charge is 2.00 e. The summed E-state index contributed by atoms with van der Waals surface area (Å²) in [5.74, 6) is 2.47. The Morgan fingerprint density at radius 1 is 0.658 bits per heavy atom. The van der Waals surface area contributed by atoms with Gasteiger partial charge in [0.15, 0.2) is 0 Å². The van der Waals surface area contributed by atoms with Crippen molar-refractivity contribution < 1.29 is 43.6 Å². The van der Waals surface area contributed by atoms with E-state index >= 15 is 0 Å². The Balaban J connectivity index is 0.000000354. The van der Waals surface area contributed by atoms with E-state index in [1.165, 1.54) is 0 Å². The summed E-state index contributed by atoms with van der Waals surface area (Å²) in [6.45, 7) is 10.1. The van der Waals surface area contributed by atoms with E-state index in [9.17, 15) is 0 Å². The van der Waals surface area contributed by atoms with Crippen LogP contribution in [0.15, 0.2) is 131 Å². The molecular formula is C32H36Fe2N2O2. The summed E-state index contributed by atoms with van der Waals surface area (Å²) >= 11 is 0. The fourth-order valence-electron chi connectivity index (χ4n) is 4.08. The molecule has 4 nitrogen and oxygen atoms in total. The van der Waals surface area contributed by atoms with Gasteiger partial charge in [-0.05, 0) is 11.1 Å². The predicted molar refractivity (Wildman–Crippen MR) is 148 cm³/mol. The van der Waals surface area contributed by atoms with Crippen LogP contribution in [0, 0.1) is 11.8 Å². The summed E-state index contributed by atoms with van der Waals surface area (Å²) in [5.41, 5.74) is 4.37. The third-order valence-corrected chi connectivity index (χ3v) is 6.38. The smallest absolute Gasteiger partial charge is 0.648 e. The second kappa shape index (κ2) is 15.7. The van der Waals surface area contributed by atoms with E-state index < -0.39 is 0 Å². The Morgan fingerprint density at radius 2 is 1.03 bits per heavy atom. The summed E-state index contributed by atoms with van der Waals surface area (Å²) < 4.78 is 11.8. The Labute approximate surface area is 249 Å². The van der Waals surface area contributed by atoms with Crippen LogP contribution in [0.25, 0.3) is 10.6 Å². The molecule has 2 heterocycles. The van der Waals surface area contributed by atoms with Crippen molar-refractivity contribution in [2.24, 2.45) is 11.8 Å². The number of hydrogen-bond donors (Lipinski definition) is 0. The monoisotopic (exact) mass is 592 g/mol. The summed E-state index contributed by atoms with van der Waals surface area (Å²) in [4.78, 5) is 0. The van der Waals surface area contributed by atoms with Crippen molar-refractivity contribution in [3.63, 3.8) is 0 Å². The van der Waals surface area contributed by atoms with Crippen LogP contribution < -0.4 is 0 Å². The van der Waals surface area contributed by atoms with Crippen LogP contribution in [0.2, 0.25) is 0 Å². The van der Waals surface area contributed by atoms with Gasteiger partial charge < -0.3 is 20.1 Å². The maximum atomic E-state index is 5.91. The van der Waals surface area contributed by atoms with E-state index in [-0.39, 0.29) is 46.2 Å². The topological polar surface area (TPSA) is 46.7 Å². The van der Waals surface area contributed by atoms with Crippen LogP contribution in [0.4, 0.5) is 0 Å². The average Bonchev–Trinajstić information content (AvgIpc) is 3.72. The summed E-state index contributed by atoms with van der Waals surface area (Å²) in [6, 6.07) is 20.5. The Hall–Kier alpha value is -2.62. The zero-order chi connectivity index (χ0) is 25.3. The molecule has 0 saturated carbocycles. The van der Waals surface area contributed by atoms with Crippen molar-refractivity contribution in [2.75, 3.05) is 13.2 Å². The Bertz CT molecular complexity index is 1020. The van der Waals surface area contributed by atoms with E-state index in [2.05, 4.69) is 64.2 Å². The molecule has 0 bridgehead atoms. The van der Waals surface area contributed by atoms with E-state index in [1.807, 2.05) is 60.7 Å². The summed E-state index contributed by atoms with van der Waals surface area (Å²) in [6.07, 6.45) is 12.5. The molecule has 2 aliphatic carbocycles. The van der Waals surface area contributed by atoms with Crippen LogP contribution in [0.1, 0.15) is 27.7 Å². The molecule has 0 spiro atoms. The summed E-state index contributed by atoms with van der Waals surface area (Å²) in [7, 11) is 0. The van der Waals surface area contributed by atoms with Gasteiger partial charge in [0.1, 0.15) is 0 Å². The van der Waals surface area contributed by atoms with E-state index in [0.29, 0.717) is 25.0 Å². The maximum Gasteiger partial charge on any atom is 2.00 e. The van der Waals surface area contributed by atoms with Gasteiger partial charge in [-0.1, -0.05) is 88.1 Å². The van der Waals surface area contributed by atoms with Crippen molar-refractivity contribution in [2.45, 2.75) is 39.8 Å². The number of allylic oxidation sites excluding steroid dienone is 10. The molecule has 0 N–H and O–H groups in total. The van der Waals surface area contributed by atoms with Crippen molar-refractivity contribution in [1.29, 1.82) is 0 Å². The van der Waals surface area contributed by atoms with Crippen molar-refractivity contribution >= 4 is 0 Å². The number of ether oxygens (including phenoxy) is 2. The molecule has 2 saturated heterocycles. The molecule has 0 aromatic heterocycles. The van der Waals surface area contributed by atoms with Crippen LogP contribution in [-0.4, -0.2) is 25.3 Å². The minimum atomic E-state index is 0. The zero-order valence-corrected chi connectivity index (χ0v) is 24.6. The van der Waals surface area contributed by atoms with Gasteiger partial charge in [0, 0.05) is 22.9 Å². The van der Waals surface area contributed by atoms with Gasteiger partial charge >= 0.3 is 34.1 Å².